The van der Waals surface area contributed by atoms with Crippen LogP contribution in [-0.4, -0.2) is 57.4 Å². The smallest absolute Gasteiger partial charge is 0.339 e. The van der Waals surface area contributed by atoms with E-state index in [0.29, 0.717) is 12.8 Å². The van der Waals surface area contributed by atoms with Gasteiger partial charge in [0.25, 0.3) is 0 Å². The van der Waals surface area contributed by atoms with Crippen LogP contribution < -0.4 is 5.32 Å². The molecule has 8 nitrogen and oxygen atoms in total. The summed E-state index contributed by atoms with van der Waals surface area (Å²) in [4.78, 5) is 27.2. The first kappa shape index (κ1) is 18.7. The number of ether oxygens (including phenoxy) is 1. The molecule has 2 rings (SSSR count). The summed E-state index contributed by atoms with van der Waals surface area (Å²) in [5, 5.41) is 22.0. The molecule has 1 aliphatic rings. The fourth-order valence-corrected chi connectivity index (χ4v) is 2.95. The van der Waals surface area contributed by atoms with Crippen LogP contribution in [0.4, 0.5) is 0 Å². The topological polar surface area (TPSA) is 118 Å². The van der Waals surface area contributed by atoms with Crippen molar-refractivity contribution in [1.29, 1.82) is 0 Å². The Morgan fingerprint density at radius 3 is 2.88 bits per heavy atom. The van der Waals surface area contributed by atoms with E-state index >= 15 is 0 Å². The SMILES string of the molecule is CCCC(=O)N[C@H]1SO[C@H](COC(=O)c2cccnc2)[C@@H](O)[C@@H]1O. The third kappa shape index (κ3) is 4.91. The van der Waals surface area contributed by atoms with Crippen LogP contribution in [0.25, 0.3) is 0 Å². The predicted octanol–water partition coefficient (Wildman–Crippen LogP) is 0.250. The molecule has 0 saturated carbocycles. The molecule has 1 aliphatic heterocycles. The molecule has 24 heavy (non-hydrogen) atoms. The second kappa shape index (κ2) is 8.97. The van der Waals surface area contributed by atoms with E-state index < -0.39 is 29.7 Å². The molecular weight excluding hydrogens is 336 g/mol. The molecule has 0 radical (unpaired) electrons. The lowest BCUT2D eigenvalue weighted by atomic mass is 10.1. The number of rotatable bonds is 6. The summed E-state index contributed by atoms with van der Waals surface area (Å²) in [5.74, 6) is -0.830. The standard InChI is InChI=1S/C15H20N2O6S/c1-2-4-11(18)17-14-13(20)12(19)10(23-24-14)8-22-15(21)9-5-3-6-16-7-9/h3,5-7,10,12-14,19-20H,2,4,8H2,1H3,(H,17,18)/t10-,12-,13+,14+/m1/s1. The van der Waals surface area contributed by atoms with Crippen LogP contribution in [0.3, 0.4) is 0 Å². The van der Waals surface area contributed by atoms with E-state index in [-0.39, 0.29) is 18.1 Å². The average molecular weight is 356 g/mol. The summed E-state index contributed by atoms with van der Waals surface area (Å²) in [5.41, 5.74) is 0.278. The fraction of sp³-hybridized carbons (Fsp3) is 0.533. The van der Waals surface area contributed by atoms with E-state index in [1.165, 1.54) is 12.4 Å². The molecule has 1 aromatic rings. The van der Waals surface area contributed by atoms with Gasteiger partial charge in [0.1, 0.15) is 30.3 Å². The number of nitrogens with zero attached hydrogens (tertiary/aromatic N) is 1. The number of nitrogens with one attached hydrogen (secondary N) is 1. The van der Waals surface area contributed by atoms with E-state index in [9.17, 15) is 19.8 Å². The molecule has 9 heteroatoms. The van der Waals surface area contributed by atoms with Crippen molar-refractivity contribution >= 4 is 23.9 Å². The van der Waals surface area contributed by atoms with Crippen LogP contribution in [0.15, 0.2) is 24.5 Å². The number of hydrogen-bond donors (Lipinski definition) is 3. The summed E-state index contributed by atoms with van der Waals surface area (Å²) in [6.07, 6.45) is 0.479. The molecule has 2 heterocycles. The quantitative estimate of drug-likeness (QED) is 0.490. The van der Waals surface area contributed by atoms with Gasteiger partial charge in [-0.1, -0.05) is 6.92 Å². The van der Waals surface area contributed by atoms with Gasteiger partial charge in [0.2, 0.25) is 5.91 Å². The van der Waals surface area contributed by atoms with Gasteiger partial charge < -0.3 is 24.4 Å². The van der Waals surface area contributed by atoms with Gasteiger partial charge >= 0.3 is 5.97 Å². The zero-order chi connectivity index (χ0) is 17.5. The largest absolute Gasteiger partial charge is 0.459 e. The highest BCUT2D eigenvalue weighted by Gasteiger charge is 2.40. The summed E-state index contributed by atoms with van der Waals surface area (Å²) in [7, 11) is 0. The van der Waals surface area contributed by atoms with Gasteiger partial charge in [0.15, 0.2) is 0 Å². The van der Waals surface area contributed by atoms with E-state index in [1.54, 1.807) is 12.1 Å². The van der Waals surface area contributed by atoms with E-state index in [2.05, 4.69) is 10.3 Å². The Bertz CT molecular complexity index is 558. The highest BCUT2D eigenvalue weighted by atomic mass is 32.2. The van der Waals surface area contributed by atoms with Crippen molar-refractivity contribution in [2.24, 2.45) is 0 Å². The first-order chi connectivity index (χ1) is 11.5. The maximum Gasteiger partial charge on any atom is 0.339 e. The zero-order valence-electron chi connectivity index (χ0n) is 13.1. The molecule has 0 aromatic carbocycles. The monoisotopic (exact) mass is 356 g/mol. The second-order valence-electron chi connectivity index (χ2n) is 5.29. The Kier molecular flexibility index (Phi) is 6.98. The molecule has 0 unspecified atom stereocenters. The van der Waals surface area contributed by atoms with E-state index in [0.717, 1.165) is 12.0 Å². The molecule has 0 spiro atoms. The number of aromatic nitrogens is 1. The first-order valence-corrected chi connectivity index (χ1v) is 8.38. The number of hydrogen-bond acceptors (Lipinski definition) is 8. The van der Waals surface area contributed by atoms with E-state index in [1.807, 2.05) is 6.92 Å². The summed E-state index contributed by atoms with van der Waals surface area (Å²) in [6, 6.07) is 3.15. The van der Waals surface area contributed by atoms with Gasteiger partial charge in [0.05, 0.1) is 5.56 Å². The number of aliphatic hydroxyl groups is 2. The van der Waals surface area contributed by atoms with Crippen molar-refractivity contribution in [3.8, 4) is 0 Å². The van der Waals surface area contributed by atoms with Crippen LogP contribution in [0, 0.1) is 0 Å². The Morgan fingerprint density at radius 1 is 1.42 bits per heavy atom. The van der Waals surface area contributed by atoms with Gasteiger partial charge in [-0.05, 0) is 18.6 Å². The van der Waals surface area contributed by atoms with Gasteiger partial charge in [-0.3, -0.25) is 9.78 Å². The maximum absolute atomic E-state index is 11.8. The number of aliphatic hydroxyl groups excluding tert-OH is 2. The second-order valence-corrected chi connectivity index (χ2v) is 6.18. The molecule has 1 saturated heterocycles. The van der Waals surface area contributed by atoms with Crippen molar-refractivity contribution in [3.63, 3.8) is 0 Å². The summed E-state index contributed by atoms with van der Waals surface area (Å²) >= 11 is 0.839. The average Bonchev–Trinajstić information content (AvgIpc) is 2.59. The zero-order valence-corrected chi connectivity index (χ0v) is 13.9. The van der Waals surface area contributed by atoms with Crippen molar-refractivity contribution in [1.82, 2.24) is 10.3 Å². The van der Waals surface area contributed by atoms with Crippen molar-refractivity contribution < 1.29 is 28.7 Å². The minimum Gasteiger partial charge on any atom is -0.459 e. The molecule has 0 aliphatic carbocycles. The minimum absolute atomic E-state index is 0.228. The fourth-order valence-electron chi connectivity index (χ4n) is 2.06. The minimum atomic E-state index is -1.29. The van der Waals surface area contributed by atoms with Gasteiger partial charge in [0, 0.05) is 30.9 Å². The van der Waals surface area contributed by atoms with Crippen LogP contribution in [0.1, 0.15) is 30.1 Å². The molecule has 1 aromatic heterocycles. The van der Waals surface area contributed by atoms with E-state index in [4.69, 9.17) is 8.92 Å². The Hall–Kier alpha value is -1.68. The lowest BCUT2D eigenvalue weighted by Gasteiger charge is -2.36. The summed E-state index contributed by atoms with van der Waals surface area (Å²) in [6.45, 7) is 1.64. The lowest BCUT2D eigenvalue weighted by molar-refractivity contribution is -0.124. The number of pyridine rings is 1. The predicted molar refractivity (Wildman–Crippen MR) is 85.8 cm³/mol. The highest BCUT2D eigenvalue weighted by molar-refractivity contribution is 7.95. The Balaban J connectivity index is 1.84. The molecule has 0 bridgehead atoms. The van der Waals surface area contributed by atoms with Crippen molar-refractivity contribution in [3.05, 3.63) is 30.1 Å². The molecule has 132 valence electrons. The highest BCUT2D eigenvalue weighted by Crippen LogP contribution is 2.28. The summed E-state index contributed by atoms with van der Waals surface area (Å²) < 4.78 is 10.4. The number of carbonyl (C=O) groups is 2. The molecule has 3 N–H and O–H groups in total. The third-order valence-electron chi connectivity index (χ3n) is 3.38. The number of carbonyl (C=O) groups excluding carboxylic acids is 2. The third-order valence-corrected chi connectivity index (χ3v) is 4.34. The molecule has 1 fully saturated rings. The van der Waals surface area contributed by atoms with Gasteiger partial charge in [-0.25, -0.2) is 4.79 Å². The lowest BCUT2D eigenvalue weighted by Crippen LogP contribution is -2.55. The van der Waals surface area contributed by atoms with Crippen LogP contribution in [0.2, 0.25) is 0 Å². The molecular formula is C15H20N2O6S. The molecule has 1 amide bonds. The maximum atomic E-state index is 11.8. The van der Waals surface area contributed by atoms with Gasteiger partial charge in [-0.2, -0.15) is 0 Å². The van der Waals surface area contributed by atoms with Crippen molar-refractivity contribution in [2.75, 3.05) is 6.61 Å². The van der Waals surface area contributed by atoms with Gasteiger partial charge in [-0.15, -0.1) is 0 Å². The van der Waals surface area contributed by atoms with Crippen molar-refractivity contribution in [2.45, 2.75) is 43.5 Å². The van der Waals surface area contributed by atoms with Crippen LogP contribution in [0.5, 0.6) is 0 Å². The molecule has 4 atom stereocenters. The first-order valence-electron chi connectivity index (χ1n) is 7.57. The Morgan fingerprint density at radius 2 is 2.21 bits per heavy atom. The number of esters is 1. The normalized spacial score (nSPS) is 26.6. The van der Waals surface area contributed by atoms with Crippen LogP contribution in [-0.2, 0) is 13.7 Å². The van der Waals surface area contributed by atoms with Crippen LogP contribution >= 0.6 is 12.0 Å². The Labute approximate surface area is 143 Å². The number of amides is 1.